The highest BCUT2D eigenvalue weighted by Gasteiger charge is 2.28. The van der Waals surface area contributed by atoms with Gasteiger partial charge in [-0.25, -0.2) is 4.79 Å². The average molecular weight is 381 g/mol. The molecule has 0 radical (unpaired) electrons. The summed E-state index contributed by atoms with van der Waals surface area (Å²) >= 11 is 0. The van der Waals surface area contributed by atoms with Crippen molar-refractivity contribution in [3.05, 3.63) is 35.4 Å². The molecule has 6 nitrogen and oxygen atoms in total. The zero-order chi connectivity index (χ0) is 18.9. The number of furan rings is 1. The summed E-state index contributed by atoms with van der Waals surface area (Å²) in [5.74, 6) is 0.606. The van der Waals surface area contributed by atoms with Gasteiger partial charge in [-0.15, -0.1) is 0 Å². The van der Waals surface area contributed by atoms with Crippen molar-refractivity contribution >= 4 is 22.7 Å². The number of carbonyl (C=O) groups is 2. The normalized spacial score (nSPS) is 15.6. The second kappa shape index (κ2) is 10.3. The van der Waals surface area contributed by atoms with Gasteiger partial charge in [0.25, 0.3) is 0 Å². The predicted octanol–water partition coefficient (Wildman–Crippen LogP) is 2.81. The van der Waals surface area contributed by atoms with Gasteiger partial charge in [-0.2, -0.15) is 0 Å². The number of amides is 1. The first-order valence-electron chi connectivity index (χ1n) is 9.13. The zero-order valence-corrected chi connectivity index (χ0v) is 16.3. The number of esters is 1. The first-order chi connectivity index (χ1) is 12.6. The molecule has 7 heteroatoms. The Hall–Kier alpha value is -1.89. The van der Waals surface area contributed by atoms with E-state index in [2.05, 4.69) is 0 Å². The largest absolute Gasteiger partial charge is 0.469 e. The molecule has 0 saturated heterocycles. The Bertz CT molecular complexity index is 665. The van der Waals surface area contributed by atoms with E-state index in [1.165, 1.54) is 0 Å². The van der Waals surface area contributed by atoms with Crippen LogP contribution in [-0.2, 0) is 31.5 Å². The van der Waals surface area contributed by atoms with Crippen molar-refractivity contribution in [2.75, 3.05) is 24.7 Å². The fourth-order valence-electron chi connectivity index (χ4n) is 3.03. The second-order valence-corrected chi connectivity index (χ2v) is 7.85. The molecule has 1 aliphatic carbocycles. The van der Waals surface area contributed by atoms with Gasteiger partial charge in [-0.1, -0.05) is 6.92 Å². The minimum absolute atomic E-state index is 0.0335. The van der Waals surface area contributed by atoms with Gasteiger partial charge in [0.1, 0.15) is 11.5 Å². The van der Waals surface area contributed by atoms with Crippen molar-refractivity contribution in [1.82, 2.24) is 4.90 Å². The quantitative estimate of drug-likeness (QED) is 0.615. The second-order valence-electron chi connectivity index (χ2n) is 6.10. The molecule has 1 aliphatic rings. The van der Waals surface area contributed by atoms with Gasteiger partial charge in [0, 0.05) is 35.2 Å². The number of hydrogen-bond donors (Lipinski definition) is 0. The minimum Gasteiger partial charge on any atom is -0.469 e. The van der Waals surface area contributed by atoms with Crippen LogP contribution >= 0.6 is 0 Å². The first kappa shape index (κ1) is 20.4. The monoisotopic (exact) mass is 381 g/mol. The van der Waals surface area contributed by atoms with E-state index in [9.17, 15) is 13.8 Å². The molecule has 2 rings (SSSR count). The van der Waals surface area contributed by atoms with E-state index in [-0.39, 0.29) is 17.6 Å². The molecule has 0 saturated carbocycles. The number of rotatable bonds is 9. The summed E-state index contributed by atoms with van der Waals surface area (Å²) in [6.45, 7) is 4.26. The Balaban J connectivity index is 2.27. The third-order valence-electron chi connectivity index (χ3n) is 4.36. The topological polar surface area (TPSA) is 76.8 Å². The number of carbonyl (C=O) groups excluding carboxylic acids is 2. The maximum atomic E-state index is 12.8. The predicted molar refractivity (Wildman–Crippen MR) is 99.8 cm³/mol. The van der Waals surface area contributed by atoms with E-state index < -0.39 is 10.8 Å². The fraction of sp³-hybridized carbons (Fsp3) is 0.579. The third-order valence-corrected chi connectivity index (χ3v) is 5.57. The molecule has 1 aromatic heterocycles. The summed E-state index contributed by atoms with van der Waals surface area (Å²) in [6.07, 6.45) is 5.21. The molecular weight excluding hydrogens is 354 g/mol. The highest BCUT2D eigenvalue weighted by molar-refractivity contribution is 7.85. The number of ether oxygens (including phenoxy) is 1. The summed E-state index contributed by atoms with van der Waals surface area (Å²) in [5.41, 5.74) is 1.30. The van der Waals surface area contributed by atoms with Gasteiger partial charge in [-0.3, -0.25) is 9.00 Å². The van der Waals surface area contributed by atoms with Crippen LogP contribution in [0.4, 0.5) is 0 Å². The molecule has 0 aliphatic heterocycles. The van der Waals surface area contributed by atoms with Crippen molar-refractivity contribution in [3.8, 4) is 0 Å². The van der Waals surface area contributed by atoms with Crippen LogP contribution in [0.25, 0.3) is 0 Å². The van der Waals surface area contributed by atoms with Crippen LogP contribution in [0.3, 0.4) is 0 Å². The molecule has 0 N–H and O–H groups in total. The van der Waals surface area contributed by atoms with Gasteiger partial charge < -0.3 is 14.1 Å². The van der Waals surface area contributed by atoms with Crippen molar-refractivity contribution in [2.45, 2.75) is 46.0 Å². The Morgan fingerprint density at radius 2 is 2.04 bits per heavy atom. The molecule has 0 aromatic carbocycles. The van der Waals surface area contributed by atoms with Crippen LogP contribution in [0, 0.1) is 0 Å². The van der Waals surface area contributed by atoms with Crippen LogP contribution in [0.5, 0.6) is 0 Å². The van der Waals surface area contributed by atoms with Crippen LogP contribution in [0.15, 0.2) is 34.1 Å². The Morgan fingerprint density at radius 1 is 1.27 bits per heavy atom. The SMILES string of the molecule is CCOC(=O)C1=C(N(CCc2ccco2)C(=O)CS(=O)CC)CCCC1. The summed E-state index contributed by atoms with van der Waals surface area (Å²) < 4.78 is 22.4. The molecule has 0 fully saturated rings. The van der Waals surface area contributed by atoms with Gasteiger partial charge >= 0.3 is 5.97 Å². The van der Waals surface area contributed by atoms with Gasteiger partial charge in [0.2, 0.25) is 5.91 Å². The van der Waals surface area contributed by atoms with E-state index >= 15 is 0 Å². The smallest absolute Gasteiger partial charge is 0.335 e. The van der Waals surface area contributed by atoms with Crippen molar-refractivity contribution in [1.29, 1.82) is 0 Å². The molecule has 144 valence electrons. The Kier molecular flexibility index (Phi) is 8.09. The maximum absolute atomic E-state index is 12.8. The lowest BCUT2D eigenvalue weighted by atomic mass is 9.95. The molecule has 0 bridgehead atoms. The molecule has 1 unspecified atom stereocenters. The molecule has 1 atom stereocenters. The van der Waals surface area contributed by atoms with Gasteiger partial charge in [0.15, 0.2) is 0 Å². The highest BCUT2D eigenvalue weighted by atomic mass is 32.2. The summed E-state index contributed by atoms with van der Waals surface area (Å²) in [6, 6.07) is 3.66. The lowest BCUT2D eigenvalue weighted by molar-refractivity contribution is -0.139. The van der Waals surface area contributed by atoms with E-state index in [0.29, 0.717) is 43.7 Å². The molecule has 26 heavy (non-hydrogen) atoms. The summed E-state index contributed by atoms with van der Waals surface area (Å²) in [7, 11) is -1.20. The van der Waals surface area contributed by atoms with Crippen molar-refractivity contribution in [3.63, 3.8) is 0 Å². The van der Waals surface area contributed by atoms with E-state index in [4.69, 9.17) is 9.15 Å². The zero-order valence-electron chi connectivity index (χ0n) is 15.5. The van der Waals surface area contributed by atoms with Gasteiger partial charge in [-0.05, 0) is 44.7 Å². The number of allylic oxidation sites excluding steroid dienone is 1. The van der Waals surface area contributed by atoms with Crippen molar-refractivity contribution in [2.24, 2.45) is 0 Å². The van der Waals surface area contributed by atoms with Gasteiger partial charge in [0.05, 0.1) is 18.4 Å². The summed E-state index contributed by atoms with van der Waals surface area (Å²) in [5, 5.41) is 0. The molecule has 1 heterocycles. The van der Waals surface area contributed by atoms with Crippen LogP contribution < -0.4 is 0 Å². The number of nitrogens with zero attached hydrogens (tertiary/aromatic N) is 1. The average Bonchev–Trinajstić information content (AvgIpc) is 3.16. The lowest BCUT2D eigenvalue weighted by Gasteiger charge is -2.30. The van der Waals surface area contributed by atoms with Crippen LogP contribution in [0.2, 0.25) is 0 Å². The lowest BCUT2D eigenvalue weighted by Crippen LogP contribution is -2.38. The van der Waals surface area contributed by atoms with E-state index in [1.807, 2.05) is 6.07 Å². The molecular formula is C19H27NO5S. The van der Waals surface area contributed by atoms with Crippen LogP contribution in [-0.4, -0.2) is 45.6 Å². The molecule has 1 amide bonds. The van der Waals surface area contributed by atoms with E-state index in [1.54, 1.807) is 31.1 Å². The minimum atomic E-state index is -1.20. The highest BCUT2D eigenvalue weighted by Crippen LogP contribution is 2.29. The number of hydrogen-bond acceptors (Lipinski definition) is 5. The Labute approximate surface area is 157 Å². The first-order valence-corrected chi connectivity index (χ1v) is 10.6. The van der Waals surface area contributed by atoms with Crippen LogP contribution in [0.1, 0.15) is 45.3 Å². The molecule has 0 spiro atoms. The summed E-state index contributed by atoms with van der Waals surface area (Å²) in [4.78, 5) is 26.8. The van der Waals surface area contributed by atoms with Crippen molar-refractivity contribution < 1.29 is 23.0 Å². The fourth-order valence-corrected chi connectivity index (χ4v) is 3.67. The van der Waals surface area contributed by atoms with E-state index in [0.717, 1.165) is 24.3 Å². The third kappa shape index (κ3) is 5.56. The standard InChI is InChI=1S/C19H27NO5S/c1-3-24-19(22)16-9-5-6-10-17(16)20(18(21)14-26(23)4-2)12-11-15-8-7-13-25-15/h7-8,13H,3-6,9-12,14H2,1-2H3. The Morgan fingerprint density at radius 3 is 2.69 bits per heavy atom. The molecule has 1 aromatic rings. The maximum Gasteiger partial charge on any atom is 0.335 e.